The maximum atomic E-state index is 11.3. The summed E-state index contributed by atoms with van der Waals surface area (Å²) < 4.78 is 1.98. The molecular formula is C15H18N2O2. The van der Waals surface area contributed by atoms with Crippen LogP contribution < -0.4 is 5.32 Å². The molecular weight excluding hydrogens is 240 g/mol. The summed E-state index contributed by atoms with van der Waals surface area (Å²) in [7, 11) is 1.88. The minimum atomic E-state index is -0.256. The minimum absolute atomic E-state index is 0.256. The standard InChI is InChI=1S/C15H18N2O2/c1-15(2,10-16-3)17-13(9-19)7-12-5-4-11(8-18)6-14(12)17/h4-9,16H,10H2,1-3H3. The van der Waals surface area contributed by atoms with Gasteiger partial charge in [0.2, 0.25) is 0 Å². The second-order valence-corrected chi connectivity index (χ2v) is 5.30. The molecule has 1 N–H and O–H groups in total. The van der Waals surface area contributed by atoms with E-state index < -0.39 is 0 Å². The van der Waals surface area contributed by atoms with Crippen LogP contribution in [0.1, 0.15) is 34.7 Å². The van der Waals surface area contributed by atoms with Gasteiger partial charge in [-0.15, -0.1) is 0 Å². The van der Waals surface area contributed by atoms with E-state index in [0.717, 1.165) is 30.0 Å². The minimum Gasteiger partial charge on any atom is -0.331 e. The zero-order chi connectivity index (χ0) is 14.0. The molecule has 0 aliphatic heterocycles. The van der Waals surface area contributed by atoms with Crippen molar-refractivity contribution < 1.29 is 9.59 Å². The number of nitrogens with one attached hydrogen (secondary N) is 1. The number of benzene rings is 1. The summed E-state index contributed by atoms with van der Waals surface area (Å²) >= 11 is 0. The monoisotopic (exact) mass is 258 g/mol. The van der Waals surface area contributed by atoms with Crippen molar-refractivity contribution in [1.82, 2.24) is 9.88 Å². The highest BCUT2D eigenvalue weighted by molar-refractivity contribution is 5.92. The molecule has 0 aliphatic carbocycles. The molecule has 0 saturated carbocycles. The van der Waals surface area contributed by atoms with Gasteiger partial charge in [-0.05, 0) is 33.0 Å². The SMILES string of the molecule is CNCC(C)(C)n1c(C=O)cc2ccc(C=O)cc21. The Bertz CT molecular complexity index is 626. The second-order valence-electron chi connectivity index (χ2n) is 5.30. The smallest absolute Gasteiger partial charge is 0.166 e. The number of likely N-dealkylation sites (N-methyl/N-ethyl adjacent to an activating group) is 1. The van der Waals surface area contributed by atoms with Gasteiger partial charge >= 0.3 is 0 Å². The lowest BCUT2D eigenvalue weighted by molar-refractivity contribution is 0.110. The van der Waals surface area contributed by atoms with Crippen molar-refractivity contribution in [2.24, 2.45) is 0 Å². The van der Waals surface area contributed by atoms with Crippen molar-refractivity contribution in [3.63, 3.8) is 0 Å². The summed E-state index contributed by atoms with van der Waals surface area (Å²) in [5, 5.41) is 4.10. The van der Waals surface area contributed by atoms with E-state index in [9.17, 15) is 9.59 Å². The quantitative estimate of drug-likeness (QED) is 0.837. The summed E-state index contributed by atoms with van der Waals surface area (Å²) in [6.07, 6.45) is 1.68. The number of carbonyl (C=O) groups excluding carboxylic acids is 2. The lowest BCUT2D eigenvalue weighted by atomic mass is 10.0. The molecule has 0 bridgehead atoms. The van der Waals surface area contributed by atoms with Crippen molar-refractivity contribution in [3.8, 4) is 0 Å². The first-order valence-corrected chi connectivity index (χ1v) is 6.24. The molecule has 0 aliphatic rings. The van der Waals surface area contributed by atoms with Crippen LogP contribution >= 0.6 is 0 Å². The van der Waals surface area contributed by atoms with Crippen molar-refractivity contribution in [2.75, 3.05) is 13.6 Å². The van der Waals surface area contributed by atoms with Gasteiger partial charge in [-0.25, -0.2) is 0 Å². The van der Waals surface area contributed by atoms with Gasteiger partial charge in [0.05, 0.1) is 11.2 Å². The molecule has 0 atom stereocenters. The summed E-state index contributed by atoms with van der Waals surface area (Å²) in [6.45, 7) is 4.84. The van der Waals surface area contributed by atoms with E-state index in [1.54, 1.807) is 6.07 Å². The zero-order valence-corrected chi connectivity index (χ0v) is 11.4. The molecule has 0 saturated heterocycles. The lowest BCUT2D eigenvalue weighted by Gasteiger charge is -2.29. The van der Waals surface area contributed by atoms with E-state index in [4.69, 9.17) is 0 Å². The largest absolute Gasteiger partial charge is 0.331 e. The van der Waals surface area contributed by atoms with Crippen molar-refractivity contribution in [1.29, 1.82) is 0 Å². The predicted octanol–water partition coefficient (Wildman–Crippen LogP) is 2.22. The van der Waals surface area contributed by atoms with Crippen LogP contribution in [-0.4, -0.2) is 30.7 Å². The molecule has 0 unspecified atom stereocenters. The molecule has 4 heteroatoms. The van der Waals surface area contributed by atoms with Gasteiger partial charge in [0, 0.05) is 23.0 Å². The van der Waals surface area contributed by atoms with Gasteiger partial charge in [-0.3, -0.25) is 9.59 Å². The molecule has 0 spiro atoms. The average molecular weight is 258 g/mol. The molecule has 4 nitrogen and oxygen atoms in total. The van der Waals surface area contributed by atoms with Crippen molar-refractivity contribution in [2.45, 2.75) is 19.4 Å². The summed E-state index contributed by atoms with van der Waals surface area (Å²) in [5.74, 6) is 0. The van der Waals surface area contributed by atoms with Crippen LogP contribution in [0.25, 0.3) is 10.9 Å². The molecule has 1 aromatic carbocycles. The molecule has 100 valence electrons. The van der Waals surface area contributed by atoms with E-state index in [1.807, 2.05) is 29.8 Å². The van der Waals surface area contributed by atoms with Crippen LogP contribution in [-0.2, 0) is 5.54 Å². The van der Waals surface area contributed by atoms with Crippen LogP contribution in [0.15, 0.2) is 24.3 Å². The fraction of sp³-hybridized carbons (Fsp3) is 0.333. The molecule has 2 aromatic rings. The molecule has 0 radical (unpaired) electrons. The first-order chi connectivity index (χ1) is 9.03. The second kappa shape index (κ2) is 4.97. The van der Waals surface area contributed by atoms with Crippen molar-refractivity contribution >= 4 is 23.5 Å². The van der Waals surface area contributed by atoms with Gasteiger partial charge in [0.1, 0.15) is 6.29 Å². The number of rotatable bonds is 5. The summed E-state index contributed by atoms with van der Waals surface area (Å²) in [5.41, 5.74) is 1.89. The number of aldehydes is 2. The molecule has 1 heterocycles. The Kier molecular flexibility index (Phi) is 3.53. The third-order valence-electron chi connectivity index (χ3n) is 3.33. The number of hydrogen-bond donors (Lipinski definition) is 1. The van der Waals surface area contributed by atoms with Crippen LogP contribution in [0.4, 0.5) is 0 Å². The fourth-order valence-corrected chi connectivity index (χ4v) is 2.59. The lowest BCUT2D eigenvalue weighted by Crippen LogP contribution is -2.37. The number of aromatic nitrogens is 1. The zero-order valence-electron chi connectivity index (χ0n) is 11.4. The van der Waals surface area contributed by atoms with Gasteiger partial charge < -0.3 is 9.88 Å². The average Bonchev–Trinajstić information content (AvgIpc) is 2.76. The number of fused-ring (bicyclic) bond motifs is 1. The van der Waals surface area contributed by atoms with E-state index in [1.165, 1.54) is 0 Å². The molecule has 19 heavy (non-hydrogen) atoms. The Morgan fingerprint density at radius 3 is 2.53 bits per heavy atom. The molecule has 0 fully saturated rings. The van der Waals surface area contributed by atoms with Gasteiger partial charge in [-0.2, -0.15) is 0 Å². The molecule has 1 aromatic heterocycles. The first kappa shape index (κ1) is 13.5. The Labute approximate surface area is 112 Å². The highest BCUT2D eigenvalue weighted by Gasteiger charge is 2.24. The van der Waals surface area contributed by atoms with E-state index >= 15 is 0 Å². The maximum absolute atomic E-state index is 11.3. The normalized spacial score (nSPS) is 11.7. The fourth-order valence-electron chi connectivity index (χ4n) is 2.59. The third-order valence-corrected chi connectivity index (χ3v) is 3.33. The Balaban J connectivity index is 2.74. The molecule has 2 rings (SSSR count). The van der Waals surface area contributed by atoms with E-state index in [0.29, 0.717) is 11.3 Å². The van der Waals surface area contributed by atoms with Crippen molar-refractivity contribution in [3.05, 3.63) is 35.5 Å². The van der Waals surface area contributed by atoms with Crippen LogP contribution in [0.3, 0.4) is 0 Å². The Morgan fingerprint density at radius 2 is 1.95 bits per heavy atom. The predicted molar refractivity (Wildman–Crippen MR) is 76.0 cm³/mol. The number of carbonyl (C=O) groups is 2. The number of nitrogens with zero attached hydrogens (tertiary/aromatic N) is 1. The third kappa shape index (κ3) is 2.31. The van der Waals surface area contributed by atoms with Gasteiger partial charge in [0.25, 0.3) is 0 Å². The topological polar surface area (TPSA) is 51.1 Å². The van der Waals surface area contributed by atoms with Gasteiger partial charge in [-0.1, -0.05) is 12.1 Å². The Morgan fingerprint density at radius 1 is 1.21 bits per heavy atom. The highest BCUT2D eigenvalue weighted by atomic mass is 16.1. The highest BCUT2D eigenvalue weighted by Crippen LogP contribution is 2.27. The summed E-state index contributed by atoms with van der Waals surface area (Å²) in [6, 6.07) is 7.32. The van der Waals surface area contributed by atoms with E-state index in [2.05, 4.69) is 19.2 Å². The summed E-state index contributed by atoms with van der Waals surface area (Å²) in [4.78, 5) is 22.2. The Hall–Kier alpha value is -1.94. The van der Waals surface area contributed by atoms with Crippen LogP contribution in [0.5, 0.6) is 0 Å². The number of hydrogen-bond acceptors (Lipinski definition) is 3. The van der Waals surface area contributed by atoms with Gasteiger partial charge in [0.15, 0.2) is 6.29 Å². The van der Waals surface area contributed by atoms with Crippen LogP contribution in [0.2, 0.25) is 0 Å². The maximum Gasteiger partial charge on any atom is 0.166 e. The first-order valence-electron chi connectivity index (χ1n) is 6.24. The van der Waals surface area contributed by atoms with Crippen LogP contribution in [0, 0.1) is 0 Å². The van der Waals surface area contributed by atoms with E-state index in [-0.39, 0.29) is 5.54 Å². The molecule has 0 amide bonds.